The van der Waals surface area contributed by atoms with Gasteiger partial charge >= 0.3 is 5.97 Å². The summed E-state index contributed by atoms with van der Waals surface area (Å²) in [5.41, 5.74) is 1.43. The standard InChI is InChI=1S/C17H15N3O3S2/c1-10-8-14(20-23-10)18-17(24)19-15-12(16(21)22-2)9-13(25-15)11-6-4-3-5-7-11/h3-9H,1-2H3,(H2,18,19,20,24). The zero-order chi connectivity index (χ0) is 17.8. The van der Waals surface area contributed by atoms with E-state index in [4.69, 9.17) is 21.5 Å². The highest BCUT2D eigenvalue weighted by atomic mass is 32.1. The summed E-state index contributed by atoms with van der Waals surface area (Å²) in [6.45, 7) is 1.79. The van der Waals surface area contributed by atoms with E-state index in [1.165, 1.54) is 18.4 Å². The Bertz CT molecular complexity index is 903. The average molecular weight is 373 g/mol. The molecule has 0 atom stereocenters. The number of thiocarbonyl (C=S) groups is 1. The van der Waals surface area contributed by atoms with Crippen molar-refractivity contribution in [3.8, 4) is 10.4 Å². The molecular formula is C17H15N3O3S2. The third kappa shape index (κ3) is 4.04. The maximum absolute atomic E-state index is 12.1. The van der Waals surface area contributed by atoms with Crippen LogP contribution in [0.25, 0.3) is 10.4 Å². The molecule has 1 aromatic carbocycles. The molecule has 0 unspecified atom stereocenters. The first-order valence-electron chi connectivity index (χ1n) is 7.35. The number of nitrogens with one attached hydrogen (secondary N) is 2. The lowest BCUT2D eigenvalue weighted by Crippen LogP contribution is -2.20. The van der Waals surface area contributed by atoms with Crippen molar-refractivity contribution in [2.24, 2.45) is 0 Å². The summed E-state index contributed by atoms with van der Waals surface area (Å²) in [5.74, 6) is 0.735. The van der Waals surface area contributed by atoms with Gasteiger partial charge in [-0.05, 0) is 30.8 Å². The van der Waals surface area contributed by atoms with Gasteiger partial charge in [0.1, 0.15) is 10.8 Å². The maximum Gasteiger partial charge on any atom is 0.340 e. The number of ether oxygens (including phenoxy) is 1. The number of hydrogen-bond acceptors (Lipinski definition) is 6. The summed E-state index contributed by atoms with van der Waals surface area (Å²) < 4.78 is 9.85. The molecule has 3 rings (SSSR count). The zero-order valence-corrected chi connectivity index (χ0v) is 15.2. The van der Waals surface area contributed by atoms with E-state index in [-0.39, 0.29) is 0 Å². The smallest absolute Gasteiger partial charge is 0.340 e. The number of esters is 1. The van der Waals surface area contributed by atoms with E-state index >= 15 is 0 Å². The van der Waals surface area contributed by atoms with E-state index in [9.17, 15) is 4.79 Å². The molecule has 128 valence electrons. The molecule has 0 radical (unpaired) electrons. The zero-order valence-electron chi connectivity index (χ0n) is 13.5. The van der Waals surface area contributed by atoms with Gasteiger partial charge in [0.25, 0.3) is 0 Å². The number of nitrogens with zero attached hydrogens (tertiary/aromatic N) is 1. The molecule has 8 heteroatoms. The van der Waals surface area contributed by atoms with E-state index in [1.807, 2.05) is 30.3 Å². The van der Waals surface area contributed by atoms with E-state index in [0.29, 0.717) is 27.3 Å². The predicted molar refractivity (Wildman–Crippen MR) is 102 cm³/mol. The second-order valence-electron chi connectivity index (χ2n) is 5.11. The van der Waals surface area contributed by atoms with Crippen molar-refractivity contribution in [1.82, 2.24) is 5.16 Å². The van der Waals surface area contributed by atoms with Gasteiger partial charge in [0.15, 0.2) is 10.9 Å². The van der Waals surface area contributed by atoms with Gasteiger partial charge in [0.05, 0.1) is 12.7 Å². The lowest BCUT2D eigenvalue weighted by Gasteiger charge is -2.07. The normalized spacial score (nSPS) is 10.3. The largest absolute Gasteiger partial charge is 0.465 e. The number of anilines is 2. The van der Waals surface area contributed by atoms with Crippen molar-refractivity contribution in [1.29, 1.82) is 0 Å². The van der Waals surface area contributed by atoms with Crippen LogP contribution in [-0.4, -0.2) is 23.3 Å². The number of methoxy groups -OCH3 is 1. The minimum absolute atomic E-state index is 0.305. The molecule has 0 spiro atoms. The van der Waals surface area contributed by atoms with E-state index in [1.54, 1.807) is 19.1 Å². The maximum atomic E-state index is 12.1. The molecule has 0 fully saturated rings. The molecule has 2 heterocycles. The van der Waals surface area contributed by atoms with Crippen molar-refractivity contribution in [3.05, 3.63) is 53.8 Å². The number of aryl methyl sites for hydroxylation is 1. The van der Waals surface area contributed by atoms with Gasteiger partial charge < -0.3 is 19.9 Å². The lowest BCUT2D eigenvalue weighted by molar-refractivity contribution is 0.0602. The topological polar surface area (TPSA) is 76.4 Å². The van der Waals surface area contributed by atoms with Crippen LogP contribution in [0, 0.1) is 6.92 Å². The Morgan fingerprint density at radius 2 is 2.00 bits per heavy atom. The van der Waals surface area contributed by atoms with Crippen LogP contribution in [0.1, 0.15) is 16.1 Å². The Balaban J connectivity index is 1.85. The molecule has 2 aromatic heterocycles. The number of thiophene rings is 1. The van der Waals surface area contributed by atoms with Crippen LogP contribution in [0.4, 0.5) is 10.8 Å². The van der Waals surface area contributed by atoms with Gasteiger partial charge in [-0.25, -0.2) is 4.79 Å². The summed E-state index contributed by atoms with van der Waals surface area (Å²) in [6, 6.07) is 13.3. The van der Waals surface area contributed by atoms with Crippen LogP contribution in [0.3, 0.4) is 0 Å². The molecule has 0 amide bonds. The molecule has 0 saturated heterocycles. The van der Waals surface area contributed by atoms with Gasteiger partial charge in [-0.1, -0.05) is 35.5 Å². The Morgan fingerprint density at radius 3 is 2.64 bits per heavy atom. The Kier molecular flexibility index (Phi) is 5.11. The van der Waals surface area contributed by atoms with Crippen molar-refractivity contribution >= 4 is 45.5 Å². The summed E-state index contributed by atoms with van der Waals surface area (Å²) in [7, 11) is 1.35. The summed E-state index contributed by atoms with van der Waals surface area (Å²) >= 11 is 6.70. The van der Waals surface area contributed by atoms with Gasteiger partial charge in [-0.15, -0.1) is 11.3 Å². The molecule has 3 aromatic rings. The fraction of sp³-hybridized carbons (Fsp3) is 0.118. The van der Waals surface area contributed by atoms with E-state index in [0.717, 1.165) is 10.4 Å². The van der Waals surface area contributed by atoms with Crippen LogP contribution >= 0.6 is 23.6 Å². The van der Waals surface area contributed by atoms with Crippen molar-refractivity contribution in [2.45, 2.75) is 6.92 Å². The fourth-order valence-electron chi connectivity index (χ4n) is 2.17. The minimum Gasteiger partial charge on any atom is -0.465 e. The number of hydrogen-bond donors (Lipinski definition) is 2. The third-order valence-electron chi connectivity index (χ3n) is 3.29. The van der Waals surface area contributed by atoms with Crippen molar-refractivity contribution < 1.29 is 14.1 Å². The number of aromatic nitrogens is 1. The molecule has 0 aliphatic carbocycles. The van der Waals surface area contributed by atoms with E-state index < -0.39 is 5.97 Å². The summed E-state index contributed by atoms with van der Waals surface area (Å²) in [6.07, 6.45) is 0. The van der Waals surface area contributed by atoms with Gasteiger partial charge in [-0.3, -0.25) is 0 Å². The molecule has 25 heavy (non-hydrogen) atoms. The molecule has 0 bridgehead atoms. The number of benzene rings is 1. The SMILES string of the molecule is COC(=O)c1cc(-c2ccccc2)sc1NC(=S)Nc1cc(C)on1. The second kappa shape index (κ2) is 7.45. The lowest BCUT2D eigenvalue weighted by atomic mass is 10.1. The number of carbonyl (C=O) groups excluding carboxylic acids is 1. The number of rotatable bonds is 4. The molecule has 0 aliphatic rings. The van der Waals surface area contributed by atoms with Gasteiger partial charge in [0, 0.05) is 10.9 Å². The van der Waals surface area contributed by atoms with Crippen molar-refractivity contribution in [2.75, 3.05) is 17.7 Å². The Morgan fingerprint density at radius 1 is 1.24 bits per heavy atom. The molecule has 6 nitrogen and oxygen atoms in total. The fourth-order valence-corrected chi connectivity index (χ4v) is 3.49. The van der Waals surface area contributed by atoms with Crippen LogP contribution < -0.4 is 10.6 Å². The summed E-state index contributed by atoms with van der Waals surface area (Å²) in [5, 5.41) is 10.7. The second-order valence-corrected chi connectivity index (χ2v) is 6.57. The van der Waals surface area contributed by atoms with E-state index in [2.05, 4.69) is 15.8 Å². The monoisotopic (exact) mass is 373 g/mol. The highest BCUT2D eigenvalue weighted by Crippen LogP contribution is 2.35. The van der Waals surface area contributed by atoms with Crippen LogP contribution in [0.15, 0.2) is 47.0 Å². The predicted octanol–water partition coefficient (Wildman–Crippen LogP) is 4.31. The first-order chi connectivity index (χ1) is 12.1. The van der Waals surface area contributed by atoms with Crippen LogP contribution in [0.5, 0.6) is 0 Å². The van der Waals surface area contributed by atoms with Crippen LogP contribution in [0.2, 0.25) is 0 Å². The number of carbonyl (C=O) groups is 1. The third-order valence-corrected chi connectivity index (χ3v) is 4.60. The average Bonchev–Trinajstić information content (AvgIpc) is 3.21. The van der Waals surface area contributed by atoms with Gasteiger partial charge in [-0.2, -0.15) is 0 Å². The highest BCUT2D eigenvalue weighted by Gasteiger charge is 2.18. The molecular weight excluding hydrogens is 358 g/mol. The molecule has 2 N–H and O–H groups in total. The first-order valence-corrected chi connectivity index (χ1v) is 8.58. The van der Waals surface area contributed by atoms with Gasteiger partial charge in [0.2, 0.25) is 0 Å². The van der Waals surface area contributed by atoms with Crippen molar-refractivity contribution in [3.63, 3.8) is 0 Å². The Labute approximate surface area is 153 Å². The first kappa shape index (κ1) is 17.1. The quantitative estimate of drug-likeness (QED) is 0.521. The molecule has 0 saturated carbocycles. The highest BCUT2D eigenvalue weighted by molar-refractivity contribution is 7.80. The Hall–Kier alpha value is -2.71. The minimum atomic E-state index is -0.430. The molecule has 0 aliphatic heterocycles. The summed E-state index contributed by atoms with van der Waals surface area (Å²) in [4.78, 5) is 13.0. The van der Waals surface area contributed by atoms with Crippen LogP contribution in [-0.2, 0) is 4.74 Å².